The van der Waals surface area contributed by atoms with Crippen LogP contribution in [-0.2, 0) is 18.7 Å². The average molecular weight is 306 g/mol. The lowest BCUT2D eigenvalue weighted by molar-refractivity contribution is -0.0675. The van der Waals surface area contributed by atoms with E-state index in [4.69, 9.17) is 0 Å². The molecule has 0 spiro atoms. The van der Waals surface area contributed by atoms with Crippen molar-refractivity contribution in [1.29, 1.82) is 0 Å². The summed E-state index contributed by atoms with van der Waals surface area (Å²) >= 11 is 0. The lowest BCUT2D eigenvalue weighted by Gasteiger charge is -2.28. The summed E-state index contributed by atoms with van der Waals surface area (Å²) in [4.78, 5) is 7.58. The SMILES string of the molecule is OC(Cc1ccc(F)cc1F)(Cn1cncn1)n1cncn1. The Balaban J connectivity index is 1.95. The molecule has 2 heterocycles. The first-order chi connectivity index (χ1) is 10.6. The van der Waals surface area contributed by atoms with Crippen molar-refractivity contribution >= 4 is 0 Å². The Morgan fingerprint density at radius 1 is 1.09 bits per heavy atom. The van der Waals surface area contributed by atoms with Gasteiger partial charge in [-0.25, -0.2) is 28.1 Å². The third-order valence-corrected chi connectivity index (χ3v) is 3.22. The molecule has 3 rings (SSSR count). The highest BCUT2D eigenvalue weighted by atomic mass is 19.1. The van der Waals surface area contributed by atoms with E-state index in [0.29, 0.717) is 0 Å². The minimum absolute atomic E-state index is 0.0207. The van der Waals surface area contributed by atoms with Crippen LogP contribution in [0.5, 0.6) is 0 Å². The molecule has 22 heavy (non-hydrogen) atoms. The van der Waals surface area contributed by atoms with Gasteiger partial charge in [0, 0.05) is 12.5 Å². The van der Waals surface area contributed by atoms with Gasteiger partial charge in [-0.05, 0) is 11.6 Å². The van der Waals surface area contributed by atoms with Crippen LogP contribution in [0.15, 0.2) is 43.5 Å². The summed E-state index contributed by atoms with van der Waals surface area (Å²) in [5, 5.41) is 18.7. The Bertz CT molecular complexity index is 746. The van der Waals surface area contributed by atoms with Gasteiger partial charge in [-0.15, -0.1) is 0 Å². The van der Waals surface area contributed by atoms with Gasteiger partial charge in [-0.2, -0.15) is 10.2 Å². The number of hydrogen-bond donors (Lipinski definition) is 1. The molecule has 0 saturated carbocycles. The molecule has 9 heteroatoms. The molecule has 3 aromatic rings. The Hall–Kier alpha value is -2.68. The lowest BCUT2D eigenvalue weighted by Crippen LogP contribution is -2.41. The first-order valence-electron chi connectivity index (χ1n) is 6.41. The topological polar surface area (TPSA) is 81.6 Å². The smallest absolute Gasteiger partial charge is 0.183 e. The van der Waals surface area contributed by atoms with E-state index >= 15 is 0 Å². The largest absolute Gasteiger partial charge is 0.367 e. The van der Waals surface area contributed by atoms with E-state index in [2.05, 4.69) is 20.2 Å². The molecule has 2 aromatic heterocycles. The van der Waals surface area contributed by atoms with Crippen LogP contribution in [0.3, 0.4) is 0 Å². The van der Waals surface area contributed by atoms with Crippen molar-refractivity contribution in [2.24, 2.45) is 0 Å². The van der Waals surface area contributed by atoms with Crippen molar-refractivity contribution in [3.63, 3.8) is 0 Å². The molecule has 0 bridgehead atoms. The molecule has 0 aliphatic heterocycles. The summed E-state index contributed by atoms with van der Waals surface area (Å²) in [7, 11) is 0. The lowest BCUT2D eigenvalue weighted by atomic mass is 10.0. The summed E-state index contributed by atoms with van der Waals surface area (Å²) in [5.41, 5.74) is -1.47. The van der Waals surface area contributed by atoms with Gasteiger partial charge in [0.15, 0.2) is 5.72 Å². The Kier molecular flexibility index (Phi) is 3.63. The van der Waals surface area contributed by atoms with Gasteiger partial charge in [-0.1, -0.05) is 6.07 Å². The summed E-state index contributed by atoms with van der Waals surface area (Å²) in [6.45, 7) is -0.0207. The molecule has 114 valence electrons. The van der Waals surface area contributed by atoms with Crippen LogP contribution in [0, 0.1) is 11.6 Å². The molecule has 0 saturated heterocycles. The van der Waals surface area contributed by atoms with Crippen LogP contribution in [0.2, 0.25) is 0 Å². The van der Waals surface area contributed by atoms with Gasteiger partial charge in [0.1, 0.15) is 36.9 Å². The number of aromatic nitrogens is 6. The zero-order chi connectivity index (χ0) is 15.6. The van der Waals surface area contributed by atoms with Crippen molar-refractivity contribution in [3.8, 4) is 0 Å². The van der Waals surface area contributed by atoms with Gasteiger partial charge in [-0.3, -0.25) is 0 Å². The minimum Gasteiger partial charge on any atom is -0.367 e. The maximum atomic E-state index is 13.9. The fraction of sp³-hybridized carbons (Fsp3) is 0.231. The minimum atomic E-state index is -1.62. The van der Waals surface area contributed by atoms with E-state index in [9.17, 15) is 13.9 Å². The second-order valence-corrected chi connectivity index (χ2v) is 4.83. The van der Waals surface area contributed by atoms with Crippen LogP contribution in [-0.4, -0.2) is 34.6 Å². The molecule has 0 aliphatic rings. The zero-order valence-corrected chi connectivity index (χ0v) is 11.3. The molecule has 0 fully saturated rings. The van der Waals surface area contributed by atoms with Crippen molar-refractivity contribution < 1.29 is 13.9 Å². The van der Waals surface area contributed by atoms with E-state index < -0.39 is 17.4 Å². The Morgan fingerprint density at radius 2 is 1.86 bits per heavy atom. The van der Waals surface area contributed by atoms with E-state index in [1.807, 2.05) is 0 Å². The molecule has 1 aromatic carbocycles. The van der Waals surface area contributed by atoms with Gasteiger partial charge in [0.25, 0.3) is 0 Å². The number of hydrogen-bond acceptors (Lipinski definition) is 5. The molecular formula is C13H12F2N6O. The molecular weight excluding hydrogens is 294 g/mol. The molecule has 0 radical (unpaired) electrons. The quantitative estimate of drug-likeness (QED) is 0.752. The highest BCUT2D eigenvalue weighted by Crippen LogP contribution is 2.22. The third-order valence-electron chi connectivity index (χ3n) is 3.22. The summed E-state index contributed by atoms with van der Waals surface area (Å²) in [5.74, 6) is -1.42. The van der Waals surface area contributed by atoms with E-state index in [0.717, 1.165) is 12.1 Å². The van der Waals surface area contributed by atoms with Gasteiger partial charge in [0.2, 0.25) is 0 Å². The monoisotopic (exact) mass is 306 g/mol. The third kappa shape index (κ3) is 2.84. The summed E-state index contributed by atoms with van der Waals surface area (Å²) in [6.07, 6.45) is 5.18. The number of nitrogens with zero attached hydrogens (tertiary/aromatic N) is 6. The summed E-state index contributed by atoms with van der Waals surface area (Å²) < 4.78 is 29.5. The maximum Gasteiger partial charge on any atom is 0.183 e. The highest BCUT2D eigenvalue weighted by Gasteiger charge is 2.32. The van der Waals surface area contributed by atoms with E-state index in [1.165, 1.54) is 40.7 Å². The fourth-order valence-electron chi connectivity index (χ4n) is 2.18. The average Bonchev–Trinajstić information content (AvgIpc) is 3.15. The number of rotatable bonds is 5. The first kappa shape index (κ1) is 14.3. The second kappa shape index (κ2) is 5.60. The normalized spacial score (nSPS) is 14.0. The Labute approximate surface area is 123 Å². The van der Waals surface area contributed by atoms with E-state index in [-0.39, 0.29) is 18.5 Å². The maximum absolute atomic E-state index is 13.9. The predicted molar refractivity (Wildman–Crippen MR) is 70.3 cm³/mol. The summed E-state index contributed by atoms with van der Waals surface area (Å²) in [6, 6.07) is 3.19. The number of aliphatic hydroxyl groups is 1. The van der Waals surface area contributed by atoms with E-state index in [1.54, 1.807) is 0 Å². The highest BCUT2D eigenvalue weighted by molar-refractivity contribution is 5.20. The van der Waals surface area contributed by atoms with Crippen LogP contribution in [0.25, 0.3) is 0 Å². The van der Waals surface area contributed by atoms with Gasteiger partial charge >= 0.3 is 0 Å². The Morgan fingerprint density at radius 3 is 2.50 bits per heavy atom. The molecule has 7 nitrogen and oxygen atoms in total. The molecule has 0 aliphatic carbocycles. The number of halogens is 2. The van der Waals surface area contributed by atoms with Gasteiger partial charge in [0.05, 0.1) is 6.54 Å². The molecule has 1 unspecified atom stereocenters. The van der Waals surface area contributed by atoms with Crippen molar-refractivity contribution in [1.82, 2.24) is 29.5 Å². The molecule has 1 atom stereocenters. The molecule has 0 amide bonds. The first-order valence-corrected chi connectivity index (χ1v) is 6.41. The number of benzene rings is 1. The second-order valence-electron chi connectivity index (χ2n) is 4.83. The predicted octanol–water partition coefficient (Wildman–Crippen LogP) is 0.736. The van der Waals surface area contributed by atoms with Crippen LogP contribution < -0.4 is 0 Å². The zero-order valence-electron chi connectivity index (χ0n) is 11.3. The van der Waals surface area contributed by atoms with Gasteiger partial charge < -0.3 is 5.11 Å². The molecule has 1 N–H and O–H groups in total. The van der Waals surface area contributed by atoms with Crippen molar-refractivity contribution in [3.05, 3.63) is 60.7 Å². The van der Waals surface area contributed by atoms with Crippen LogP contribution in [0.4, 0.5) is 8.78 Å². The van der Waals surface area contributed by atoms with Crippen LogP contribution >= 0.6 is 0 Å². The van der Waals surface area contributed by atoms with Crippen molar-refractivity contribution in [2.75, 3.05) is 0 Å². The fourth-order valence-corrected chi connectivity index (χ4v) is 2.18. The van der Waals surface area contributed by atoms with Crippen molar-refractivity contribution in [2.45, 2.75) is 18.7 Å². The van der Waals surface area contributed by atoms with Crippen LogP contribution in [0.1, 0.15) is 5.56 Å². The standard InChI is InChI=1S/C13H12F2N6O/c14-11-2-1-10(12(15)3-11)4-13(22,21-9-17-7-19-21)5-20-8-16-6-18-20/h1-3,6-9,22H,4-5H2.